The minimum absolute atomic E-state index is 0.0816. The second-order valence-electron chi connectivity index (χ2n) is 7.74. The highest BCUT2D eigenvalue weighted by molar-refractivity contribution is 6.03. The quantitative estimate of drug-likeness (QED) is 0.317. The molecule has 0 saturated heterocycles. The summed E-state index contributed by atoms with van der Waals surface area (Å²) in [5, 5.41) is 10.1. The van der Waals surface area contributed by atoms with Crippen LogP contribution in [-0.2, 0) is 41.6 Å². The Morgan fingerprint density at radius 1 is 0.917 bits per heavy atom. The first kappa shape index (κ1) is 28.1. The largest absolute Gasteiger partial charge is 0.497 e. The van der Waals surface area contributed by atoms with Crippen molar-refractivity contribution in [3.05, 3.63) is 59.7 Å². The van der Waals surface area contributed by atoms with Crippen molar-refractivity contribution in [3.8, 4) is 11.5 Å². The van der Waals surface area contributed by atoms with Gasteiger partial charge in [0.2, 0.25) is 5.91 Å². The zero-order valence-corrected chi connectivity index (χ0v) is 20.5. The van der Waals surface area contributed by atoms with Crippen molar-refractivity contribution < 1.29 is 43.2 Å². The summed E-state index contributed by atoms with van der Waals surface area (Å²) >= 11 is 0. The van der Waals surface area contributed by atoms with Gasteiger partial charge in [0.25, 0.3) is 0 Å². The summed E-state index contributed by atoms with van der Waals surface area (Å²) in [5.41, 5.74) is 6.96. The number of hydrogen-bond donors (Lipinski definition) is 2. The number of ether oxygens (including phenoxy) is 4. The molecular weight excluding hydrogens is 472 g/mol. The molecule has 2 aromatic rings. The third-order valence-corrected chi connectivity index (χ3v) is 5.60. The number of carboxylic acids is 1. The topological polar surface area (TPSA) is 155 Å². The molecular formula is C25H30N2O9. The van der Waals surface area contributed by atoms with Gasteiger partial charge >= 0.3 is 17.9 Å². The Kier molecular flexibility index (Phi) is 10.2. The smallest absolute Gasteiger partial charge is 0.326 e. The third-order valence-electron chi connectivity index (χ3n) is 5.60. The lowest BCUT2D eigenvalue weighted by atomic mass is 9.95. The Balaban J connectivity index is 2.62. The van der Waals surface area contributed by atoms with Gasteiger partial charge in [-0.05, 0) is 17.7 Å². The molecule has 194 valence electrons. The lowest BCUT2D eigenvalue weighted by Crippen LogP contribution is -2.55. The maximum Gasteiger partial charge on any atom is 0.326 e. The minimum Gasteiger partial charge on any atom is -0.497 e. The van der Waals surface area contributed by atoms with Gasteiger partial charge in [0, 0.05) is 18.1 Å². The van der Waals surface area contributed by atoms with Crippen molar-refractivity contribution in [1.82, 2.24) is 4.90 Å². The molecule has 11 nitrogen and oxygen atoms in total. The molecule has 0 aliphatic rings. The molecule has 1 amide bonds. The van der Waals surface area contributed by atoms with Crippen molar-refractivity contribution in [3.63, 3.8) is 0 Å². The number of methoxy groups -OCH3 is 4. The van der Waals surface area contributed by atoms with E-state index in [1.54, 1.807) is 48.5 Å². The van der Waals surface area contributed by atoms with Gasteiger partial charge in [-0.25, -0.2) is 4.79 Å². The molecule has 2 aromatic carbocycles. The highest BCUT2D eigenvalue weighted by Crippen LogP contribution is 2.28. The molecule has 0 aliphatic carbocycles. The number of carboxylic acid groups (broad SMARTS) is 1. The van der Waals surface area contributed by atoms with E-state index in [4.69, 9.17) is 19.9 Å². The number of nitrogens with two attached hydrogens (primary N) is 1. The fourth-order valence-corrected chi connectivity index (χ4v) is 3.65. The van der Waals surface area contributed by atoms with Crippen LogP contribution in [0.3, 0.4) is 0 Å². The molecule has 11 heteroatoms. The average Bonchev–Trinajstić information content (AvgIpc) is 2.90. The van der Waals surface area contributed by atoms with Gasteiger partial charge in [-0.2, -0.15) is 0 Å². The minimum atomic E-state index is -1.84. The Morgan fingerprint density at radius 3 is 2.08 bits per heavy atom. The average molecular weight is 503 g/mol. The van der Waals surface area contributed by atoms with Crippen LogP contribution in [0.5, 0.6) is 11.5 Å². The first-order valence-corrected chi connectivity index (χ1v) is 10.9. The molecule has 36 heavy (non-hydrogen) atoms. The van der Waals surface area contributed by atoms with E-state index in [0.717, 1.165) is 19.1 Å². The van der Waals surface area contributed by atoms with Crippen LogP contribution in [0, 0.1) is 5.92 Å². The van der Waals surface area contributed by atoms with Gasteiger partial charge in [0.15, 0.2) is 5.92 Å². The Labute approximate surface area is 208 Å². The van der Waals surface area contributed by atoms with Crippen molar-refractivity contribution in [1.29, 1.82) is 0 Å². The number of aliphatic carboxylic acids is 1. The molecule has 3 atom stereocenters. The Morgan fingerprint density at radius 2 is 1.56 bits per heavy atom. The molecule has 0 bridgehead atoms. The summed E-state index contributed by atoms with van der Waals surface area (Å²) in [5.74, 6) is -5.51. The van der Waals surface area contributed by atoms with E-state index in [1.165, 1.54) is 14.2 Å². The summed E-state index contributed by atoms with van der Waals surface area (Å²) < 4.78 is 19.9. The Bertz CT molecular complexity index is 1070. The van der Waals surface area contributed by atoms with Crippen LogP contribution >= 0.6 is 0 Å². The van der Waals surface area contributed by atoms with Gasteiger partial charge in [-0.3, -0.25) is 14.4 Å². The number of benzene rings is 2. The first-order chi connectivity index (χ1) is 17.2. The number of carbonyl (C=O) groups is 4. The van der Waals surface area contributed by atoms with Crippen molar-refractivity contribution in [2.75, 3.05) is 28.4 Å². The molecule has 3 N–H and O–H groups in total. The van der Waals surface area contributed by atoms with Crippen LogP contribution in [0.1, 0.15) is 11.1 Å². The first-order valence-electron chi connectivity index (χ1n) is 10.9. The Hall–Kier alpha value is -4.12. The van der Waals surface area contributed by atoms with Gasteiger partial charge < -0.3 is 34.7 Å². The van der Waals surface area contributed by atoms with Gasteiger partial charge in [-0.1, -0.05) is 30.3 Å². The molecule has 0 saturated carbocycles. The highest BCUT2D eigenvalue weighted by atomic mass is 16.5. The van der Waals surface area contributed by atoms with Crippen LogP contribution in [0.25, 0.3) is 0 Å². The maximum absolute atomic E-state index is 13.8. The van der Waals surface area contributed by atoms with E-state index in [1.807, 2.05) is 0 Å². The number of carbonyl (C=O) groups excluding carboxylic acids is 3. The zero-order valence-electron chi connectivity index (χ0n) is 20.5. The molecule has 2 rings (SSSR count). The molecule has 0 aliphatic heterocycles. The van der Waals surface area contributed by atoms with Crippen LogP contribution in [0.15, 0.2) is 48.5 Å². The number of rotatable bonds is 12. The second-order valence-corrected chi connectivity index (χ2v) is 7.74. The summed E-state index contributed by atoms with van der Waals surface area (Å²) in [6.45, 7) is -0.281. The second kappa shape index (κ2) is 13.1. The van der Waals surface area contributed by atoms with Gasteiger partial charge in [0.05, 0.1) is 35.0 Å². The predicted octanol–water partition coefficient (Wildman–Crippen LogP) is 1.02. The lowest BCUT2D eigenvalue weighted by molar-refractivity contribution is -0.164. The highest BCUT2D eigenvalue weighted by Gasteiger charge is 2.44. The summed E-state index contributed by atoms with van der Waals surface area (Å²) in [6.07, 6.45) is -0.0816. The summed E-state index contributed by atoms with van der Waals surface area (Å²) in [4.78, 5) is 51.9. The number of nitrogens with zero attached hydrogens (tertiary/aromatic N) is 1. The third kappa shape index (κ3) is 6.72. The van der Waals surface area contributed by atoms with E-state index >= 15 is 0 Å². The van der Waals surface area contributed by atoms with E-state index in [2.05, 4.69) is 4.74 Å². The predicted molar refractivity (Wildman–Crippen MR) is 127 cm³/mol. The van der Waals surface area contributed by atoms with Crippen LogP contribution in [0.2, 0.25) is 0 Å². The molecule has 0 radical (unpaired) electrons. The van der Waals surface area contributed by atoms with Crippen molar-refractivity contribution >= 4 is 23.8 Å². The van der Waals surface area contributed by atoms with Crippen molar-refractivity contribution in [2.45, 2.75) is 25.0 Å². The monoisotopic (exact) mass is 502 g/mol. The maximum atomic E-state index is 13.8. The SMILES string of the molecule is COC(=O)C(N)C(C(=O)OC)C(=O)N(Cc1ccc(OC)cc1OC)[C@@H](Cc1ccccc1)C(=O)O. The van der Waals surface area contributed by atoms with Crippen LogP contribution in [-0.4, -0.2) is 74.3 Å². The molecule has 0 spiro atoms. The van der Waals surface area contributed by atoms with Crippen LogP contribution < -0.4 is 15.2 Å². The van der Waals surface area contributed by atoms with E-state index < -0.39 is 41.8 Å². The molecule has 0 fully saturated rings. The standard InChI is InChI=1S/C25H30N2O9/c1-33-17-11-10-16(19(13-17)34-2)14-27(18(23(29)30)12-15-8-6-5-7-9-15)22(28)20(24(31)35-3)21(26)25(32)36-4/h5-11,13,18,20-21H,12,14,26H2,1-4H3,(H,29,30)/t18-,20?,21?/m0/s1. The van der Waals surface area contributed by atoms with Crippen molar-refractivity contribution in [2.24, 2.45) is 11.7 Å². The zero-order chi connectivity index (χ0) is 26.8. The number of amides is 1. The normalized spacial score (nSPS) is 13.0. The lowest BCUT2D eigenvalue weighted by Gasteiger charge is -2.33. The van der Waals surface area contributed by atoms with Crippen LogP contribution in [0.4, 0.5) is 0 Å². The molecule has 2 unspecified atom stereocenters. The van der Waals surface area contributed by atoms with Gasteiger partial charge in [0.1, 0.15) is 23.6 Å². The number of esters is 2. The molecule has 0 heterocycles. The van der Waals surface area contributed by atoms with E-state index in [0.29, 0.717) is 22.6 Å². The fraction of sp³-hybridized carbons (Fsp3) is 0.360. The number of hydrogen-bond acceptors (Lipinski definition) is 9. The van der Waals surface area contributed by atoms with E-state index in [9.17, 15) is 24.3 Å². The summed E-state index contributed by atoms with van der Waals surface area (Å²) in [7, 11) is 4.96. The molecule has 0 aromatic heterocycles. The summed E-state index contributed by atoms with van der Waals surface area (Å²) in [6, 6.07) is 10.3. The fourth-order valence-electron chi connectivity index (χ4n) is 3.65. The van der Waals surface area contributed by atoms with Gasteiger partial charge in [-0.15, -0.1) is 0 Å². The van der Waals surface area contributed by atoms with E-state index in [-0.39, 0.29) is 13.0 Å².